The van der Waals surface area contributed by atoms with Crippen molar-refractivity contribution < 1.29 is 4.79 Å². The van der Waals surface area contributed by atoms with Crippen molar-refractivity contribution in [3.8, 4) is 0 Å². The van der Waals surface area contributed by atoms with Crippen molar-refractivity contribution in [3.05, 3.63) is 62.1 Å². The number of anilines is 1. The van der Waals surface area contributed by atoms with E-state index in [1.165, 1.54) is 28.6 Å². The quantitative estimate of drug-likeness (QED) is 0.653. The molecule has 0 radical (unpaired) electrons. The standard InChI is InChI=1S/C21H25N5O3S/c1-23-19(28)16-14-17(30-20(16)24(2)21(23)29)18(27)22-8-9-25-10-12-26(13-11-25)15-6-4-3-5-7-15/h3-7,14H,8-13H2,1-2H3,(H,22,27). The molecule has 1 N–H and O–H groups in total. The highest BCUT2D eigenvalue weighted by molar-refractivity contribution is 7.20. The molecule has 30 heavy (non-hydrogen) atoms. The molecule has 1 saturated heterocycles. The molecule has 3 heterocycles. The molecule has 0 bridgehead atoms. The van der Waals surface area contributed by atoms with Gasteiger partial charge in [0.25, 0.3) is 11.5 Å². The Morgan fingerprint density at radius 1 is 1.03 bits per heavy atom. The Morgan fingerprint density at radius 3 is 2.43 bits per heavy atom. The molecule has 3 aromatic rings. The number of nitrogens with zero attached hydrogens (tertiary/aromatic N) is 4. The fraction of sp³-hybridized carbons (Fsp3) is 0.381. The smallest absolute Gasteiger partial charge is 0.331 e. The molecule has 4 rings (SSSR count). The number of aromatic nitrogens is 2. The fourth-order valence-corrected chi connectivity index (χ4v) is 4.78. The molecule has 1 amide bonds. The first kappa shape index (κ1) is 20.4. The van der Waals surface area contributed by atoms with Crippen LogP contribution in [0.15, 0.2) is 46.0 Å². The fourth-order valence-electron chi connectivity index (χ4n) is 3.76. The third kappa shape index (κ3) is 3.90. The molecule has 158 valence electrons. The van der Waals surface area contributed by atoms with Crippen molar-refractivity contribution in [2.45, 2.75) is 0 Å². The maximum absolute atomic E-state index is 12.6. The molecule has 1 fully saturated rings. The highest BCUT2D eigenvalue weighted by atomic mass is 32.1. The van der Waals surface area contributed by atoms with Gasteiger partial charge in [-0.1, -0.05) is 18.2 Å². The van der Waals surface area contributed by atoms with E-state index in [1.54, 1.807) is 13.1 Å². The number of carbonyl (C=O) groups excluding carboxylic acids is 1. The van der Waals surface area contributed by atoms with Gasteiger partial charge in [0.1, 0.15) is 4.83 Å². The summed E-state index contributed by atoms with van der Waals surface area (Å²) in [4.78, 5) is 42.6. The van der Waals surface area contributed by atoms with Gasteiger partial charge in [-0.3, -0.25) is 23.6 Å². The van der Waals surface area contributed by atoms with Crippen molar-refractivity contribution in [1.82, 2.24) is 19.4 Å². The second-order valence-corrected chi connectivity index (χ2v) is 8.49. The van der Waals surface area contributed by atoms with Crippen molar-refractivity contribution in [1.29, 1.82) is 0 Å². The average molecular weight is 428 g/mol. The highest BCUT2D eigenvalue weighted by Crippen LogP contribution is 2.21. The van der Waals surface area contributed by atoms with E-state index in [0.29, 0.717) is 21.6 Å². The summed E-state index contributed by atoms with van der Waals surface area (Å²) in [6.45, 7) is 5.14. The van der Waals surface area contributed by atoms with Crippen LogP contribution < -0.4 is 21.5 Å². The molecule has 0 atom stereocenters. The zero-order valence-corrected chi connectivity index (χ0v) is 17.9. The van der Waals surface area contributed by atoms with Crippen LogP contribution >= 0.6 is 11.3 Å². The zero-order valence-electron chi connectivity index (χ0n) is 17.1. The Bertz CT molecular complexity index is 1170. The lowest BCUT2D eigenvalue weighted by molar-refractivity contribution is 0.0952. The summed E-state index contributed by atoms with van der Waals surface area (Å²) in [5, 5.41) is 3.33. The second kappa shape index (κ2) is 8.45. The first-order valence-electron chi connectivity index (χ1n) is 9.96. The van der Waals surface area contributed by atoms with E-state index >= 15 is 0 Å². The normalized spacial score (nSPS) is 14.9. The summed E-state index contributed by atoms with van der Waals surface area (Å²) in [7, 11) is 3.05. The summed E-state index contributed by atoms with van der Waals surface area (Å²) >= 11 is 1.17. The van der Waals surface area contributed by atoms with Crippen LogP contribution in [0.3, 0.4) is 0 Å². The number of para-hydroxylation sites is 1. The Labute approximate surface area is 178 Å². The number of carbonyl (C=O) groups is 1. The van der Waals surface area contributed by atoms with E-state index in [1.807, 2.05) is 6.07 Å². The van der Waals surface area contributed by atoms with E-state index in [-0.39, 0.29) is 11.5 Å². The van der Waals surface area contributed by atoms with Crippen molar-refractivity contribution in [3.63, 3.8) is 0 Å². The van der Waals surface area contributed by atoms with Crippen LogP contribution in [0, 0.1) is 0 Å². The minimum absolute atomic E-state index is 0.214. The summed E-state index contributed by atoms with van der Waals surface area (Å²) in [6.07, 6.45) is 0. The average Bonchev–Trinajstić information content (AvgIpc) is 3.23. The number of fused-ring (bicyclic) bond motifs is 1. The van der Waals surface area contributed by atoms with Gasteiger partial charge in [-0.15, -0.1) is 11.3 Å². The van der Waals surface area contributed by atoms with Crippen molar-refractivity contribution >= 4 is 33.1 Å². The third-order valence-corrected chi connectivity index (χ3v) is 6.77. The molecular weight excluding hydrogens is 402 g/mol. The predicted octanol–water partition coefficient (Wildman–Crippen LogP) is 0.851. The molecule has 8 nitrogen and oxygen atoms in total. The van der Waals surface area contributed by atoms with Gasteiger partial charge in [-0.2, -0.15) is 0 Å². The largest absolute Gasteiger partial charge is 0.369 e. The van der Waals surface area contributed by atoms with Gasteiger partial charge in [-0.05, 0) is 18.2 Å². The summed E-state index contributed by atoms with van der Waals surface area (Å²) in [6, 6.07) is 12.0. The molecule has 9 heteroatoms. The van der Waals surface area contributed by atoms with E-state index in [9.17, 15) is 14.4 Å². The molecule has 0 spiro atoms. The van der Waals surface area contributed by atoms with Crippen LogP contribution in [0.25, 0.3) is 10.2 Å². The monoisotopic (exact) mass is 427 g/mol. The number of hydrogen-bond acceptors (Lipinski definition) is 6. The number of nitrogens with one attached hydrogen (secondary N) is 1. The lowest BCUT2D eigenvalue weighted by atomic mass is 10.2. The Balaban J connectivity index is 1.33. The van der Waals surface area contributed by atoms with E-state index < -0.39 is 5.69 Å². The molecule has 1 aliphatic rings. The number of rotatable bonds is 5. The molecular formula is C21H25N5O3S. The lowest BCUT2D eigenvalue weighted by Gasteiger charge is -2.36. The third-order valence-electron chi connectivity index (χ3n) is 5.56. The van der Waals surface area contributed by atoms with Gasteiger partial charge in [0.15, 0.2) is 0 Å². The van der Waals surface area contributed by atoms with Crippen LogP contribution in [0.4, 0.5) is 5.69 Å². The topological polar surface area (TPSA) is 79.6 Å². The Hall–Kier alpha value is -2.91. The van der Waals surface area contributed by atoms with Crippen molar-refractivity contribution in [2.24, 2.45) is 14.1 Å². The lowest BCUT2D eigenvalue weighted by Crippen LogP contribution is -2.48. The van der Waals surface area contributed by atoms with Crippen LogP contribution in [-0.4, -0.2) is 59.2 Å². The minimum atomic E-state index is -0.393. The maximum atomic E-state index is 12.6. The van der Waals surface area contributed by atoms with Gasteiger partial charge >= 0.3 is 5.69 Å². The van der Waals surface area contributed by atoms with Gasteiger partial charge < -0.3 is 10.2 Å². The number of benzene rings is 1. The number of aryl methyl sites for hydroxylation is 1. The molecule has 0 aliphatic carbocycles. The molecule has 1 aromatic carbocycles. The first-order valence-corrected chi connectivity index (χ1v) is 10.8. The van der Waals surface area contributed by atoms with Gasteiger partial charge in [0.2, 0.25) is 0 Å². The summed E-state index contributed by atoms with van der Waals surface area (Å²) in [5.74, 6) is -0.214. The maximum Gasteiger partial charge on any atom is 0.331 e. The second-order valence-electron chi connectivity index (χ2n) is 7.46. The number of amides is 1. The van der Waals surface area contributed by atoms with Crippen LogP contribution in [-0.2, 0) is 14.1 Å². The summed E-state index contributed by atoms with van der Waals surface area (Å²) in [5.41, 5.74) is 0.478. The molecule has 0 saturated carbocycles. The molecule has 1 aliphatic heterocycles. The predicted molar refractivity (Wildman–Crippen MR) is 120 cm³/mol. The van der Waals surface area contributed by atoms with Crippen LogP contribution in [0.1, 0.15) is 9.67 Å². The van der Waals surface area contributed by atoms with Gasteiger partial charge in [0.05, 0.1) is 10.3 Å². The molecule has 2 aromatic heterocycles. The van der Waals surface area contributed by atoms with Crippen LogP contribution in [0.2, 0.25) is 0 Å². The SMILES string of the molecule is Cn1c(=O)c2cc(C(=O)NCCN3CCN(c4ccccc4)CC3)sc2n(C)c1=O. The Kier molecular flexibility index (Phi) is 5.74. The van der Waals surface area contributed by atoms with E-state index in [0.717, 1.165) is 37.3 Å². The zero-order chi connectivity index (χ0) is 21.3. The van der Waals surface area contributed by atoms with Gasteiger partial charge in [-0.25, -0.2) is 4.79 Å². The Morgan fingerprint density at radius 2 is 1.73 bits per heavy atom. The number of hydrogen-bond donors (Lipinski definition) is 1. The number of thiophene rings is 1. The summed E-state index contributed by atoms with van der Waals surface area (Å²) < 4.78 is 2.47. The van der Waals surface area contributed by atoms with Gasteiger partial charge in [0, 0.05) is 59.1 Å². The number of piperazine rings is 1. The molecule has 0 unspecified atom stereocenters. The van der Waals surface area contributed by atoms with E-state index in [4.69, 9.17) is 0 Å². The van der Waals surface area contributed by atoms with Crippen LogP contribution in [0.5, 0.6) is 0 Å². The first-order chi connectivity index (χ1) is 14.5. The van der Waals surface area contributed by atoms with E-state index in [2.05, 4.69) is 39.4 Å². The van der Waals surface area contributed by atoms with Crippen molar-refractivity contribution in [2.75, 3.05) is 44.2 Å². The highest BCUT2D eigenvalue weighted by Gasteiger charge is 2.18. The minimum Gasteiger partial charge on any atom is -0.369 e.